The summed E-state index contributed by atoms with van der Waals surface area (Å²) in [5, 5.41) is 2.99. The zero-order valence-electron chi connectivity index (χ0n) is 11.7. The van der Waals surface area contributed by atoms with Gasteiger partial charge in [0.05, 0.1) is 5.52 Å². The number of nitrogens with two attached hydrogens (primary N) is 1. The highest BCUT2D eigenvalue weighted by Crippen LogP contribution is 2.30. The average Bonchev–Trinajstić information content (AvgIpc) is 2.48. The number of rotatable bonds is 4. The fourth-order valence-electron chi connectivity index (χ4n) is 2.16. The molecular weight excluding hydrogens is 280 g/mol. The highest BCUT2D eigenvalue weighted by Gasteiger charge is 2.11. The second kappa shape index (κ2) is 6.20. The van der Waals surface area contributed by atoms with Crippen LogP contribution in [0, 0.1) is 0 Å². The lowest BCUT2D eigenvalue weighted by molar-refractivity contribution is 0.724. The minimum atomic E-state index is 0.0951. The van der Waals surface area contributed by atoms with Crippen LogP contribution in [0.25, 0.3) is 10.9 Å². The molecule has 0 amide bonds. The van der Waals surface area contributed by atoms with Crippen LogP contribution in [0.5, 0.6) is 0 Å². The summed E-state index contributed by atoms with van der Waals surface area (Å²) in [5.74, 6) is 0. The molecule has 1 atom stereocenters. The van der Waals surface area contributed by atoms with E-state index in [2.05, 4.69) is 22.1 Å². The van der Waals surface area contributed by atoms with Crippen molar-refractivity contribution in [1.29, 1.82) is 0 Å². The van der Waals surface area contributed by atoms with E-state index in [9.17, 15) is 0 Å². The van der Waals surface area contributed by atoms with Crippen molar-refractivity contribution < 1.29 is 0 Å². The first kappa shape index (κ1) is 14.0. The van der Waals surface area contributed by atoms with Gasteiger partial charge in [-0.2, -0.15) is 0 Å². The normalized spacial score (nSPS) is 12.5. The summed E-state index contributed by atoms with van der Waals surface area (Å²) in [7, 11) is 0. The van der Waals surface area contributed by atoms with Crippen LogP contribution < -0.4 is 5.73 Å². The molecule has 21 heavy (non-hydrogen) atoms. The molecule has 4 nitrogen and oxygen atoms in total. The third-order valence-electron chi connectivity index (χ3n) is 3.06. The van der Waals surface area contributed by atoms with Gasteiger partial charge in [0.1, 0.15) is 16.4 Å². The van der Waals surface area contributed by atoms with Crippen LogP contribution in [-0.4, -0.2) is 21.0 Å². The maximum Gasteiger partial charge on any atom is 0.116 e. The Kier molecular flexibility index (Phi) is 4.13. The average molecular weight is 296 g/mol. The third-order valence-corrected chi connectivity index (χ3v) is 4.06. The van der Waals surface area contributed by atoms with E-state index < -0.39 is 0 Å². The van der Waals surface area contributed by atoms with Gasteiger partial charge in [0.2, 0.25) is 0 Å². The van der Waals surface area contributed by atoms with E-state index in [1.54, 1.807) is 24.3 Å². The fraction of sp³-hybridized carbons (Fsp3) is 0.188. The van der Waals surface area contributed by atoms with Crippen molar-refractivity contribution in [3.63, 3.8) is 0 Å². The predicted molar refractivity (Wildman–Crippen MR) is 85.3 cm³/mol. The summed E-state index contributed by atoms with van der Waals surface area (Å²) >= 11 is 1.55. The highest BCUT2D eigenvalue weighted by atomic mass is 32.2. The van der Waals surface area contributed by atoms with E-state index >= 15 is 0 Å². The number of pyridine rings is 1. The van der Waals surface area contributed by atoms with Crippen molar-refractivity contribution in [3.8, 4) is 0 Å². The van der Waals surface area contributed by atoms with Crippen molar-refractivity contribution in [3.05, 3.63) is 54.5 Å². The lowest BCUT2D eigenvalue weighted by Gasteiger charge is -2.12. The molecular formula is C16H16N4S. The molecule has 0 saturated carbocycles. The molecule has 3 aromatic rings. The van der Waals surface area contributed by atoms with Crippen LogP contribution in [0.1, 0.15) is 12.5 Å². The van der Waals surface area contributed by atoms with Crippen molar-refractivity contribution in [1.82, 2.24) is 15.0 Å². The van der Waals surface area contributed by atoms with E-state index in [-0.39, 0.29) is 6.04 Å². The first-order valence-electron chi connectivity index (χ1n) is 6.80. The van der Waals surface area contributed by atoms with Crippen molar-refractivity contribution in [2.24, 2.45) is 5.73 Å². The molecule has 0 aliphatic rings. The van der Waals surface area contributed by atoms with E-state index in [1.807, 2.05) is 31.2 Å². The van der Waals surface area contributed by atoms with Gasteiger partial charge in [-0.3, -0.25) is 0 Å². The highest BCUT2D eigenvalue weighted by molar-refractivity contribution is 7.99. The Bertz CT molecular complexity index is 744. The molecule has 0 aliphatic carbocycles. The van der Waals surface area contributed by atoms with Crippen molar-refractivity contribution in [2.75, 3.05) is 0 Å². The number of aromatic nitrogens is 3. The van der Waals surface area contributed by atoms with Gasteiger partial charge in [-0.15, -0.1) is 0 Å². The number of hydrogen-bond donors (Lipinski definition) is 1. The van der Waals surface area contributed by atoms with Gasteiger partial charge in [-0.25, -0.2) is 15.0 Å². The predicted octanol–water partition coefficient (Wildman–Crippen LogP) is 3.07. The number of nitrogens with zero attached hydrogens (tertiary/aromatic N) is 3. The van der Waals surface area contributed by atoms with Gasteiger partial charge in [0.15, 0.2) is 0 Å². The molecule has 2 N–H and O–H groups in total. The minimum absolute atomic E-state index is 0.0951. The number of hydrogen-bond acceptors (Lipinski definition) is 5. The second-order valence-corrected chi connectivity index (χ2v) is 5.99. The van der Waals surface area contributed by atoms with Gasteiger partial charge >= 0.3 is 0 Å². The van der Waals surface area contributed by atoms with E-state index in [0.29, 0.717) is 0 Å². The van der Waals surface area contributed by atoms with Crippen LogP contribution in [0.2, 0.25) is 0 Å². The summed E-state index contributed by atoms with van der Waals surface area (Å²) in [6, 6.07) is 12.3. The van der Waals surface area contributed by atoms with Crippen LogP contribution in [0.3, 0.4) is 0 Å². The molecule has 0 radical (unpaired) electrons. The van der Waals surface area contributed by atoms with Gasteiger partial charge in [0, 0.05) is 17.6 Å². The Morgan fingerprint density at radius 2 is 2.10 bits per heavy atom. The summed E-state index contributed by atoms with van der Waals surface area (Å²) in [5.41, 5.74) is 8.12. The molecule has 106 valence electrons. The number of fused-ring (bicyclic) bond motifs is 1. The summed E-state index contributed by atoms with van der Waals surface area (Å²) < 4.78 is 0. The Balaban J connectivity index is 2.05. The monoisotopic (exact) mass is 296 g/mol. The van der Waals surface area contributed by atoms with Gasteiger partial charge in [-0.1, -0.05) is 18.2 Å². The van der Waals surface area contributed by atoms with E-state index in [4.69, 9.17) is 10.7 Å². The maximum atomic E-state index is 5.97. The van der Waals surface area contributed by atoms with Crippen LogP contribution >= 0.6 is 11.8 Å². The molecule has 0 bridgehead atoms. The number of benzene rings is 1. The lowest BCUT2D eigenvalue weighted by atomic mass is 10.1. The molecule has 0 spiro atoms. The largest absolute Gasteiger partial charge is 0.328 e. The molecule has 0 fully saturated rings. The molecule has 2 aromatic heterocycles. The molecule has 1 unspecified atom stereocenters. The zero-order valence-corrected chi connectivity index (χ0v) is 12.5. The van der Waals surface area contributed by atoms with Crippen molar-refractivity contribution >= 4 is 22.7 Å². The quantitative estimate of drug-likeness (QED) is 0.750. The van der Waals surface area contributed by atoms with Crippen LogP contribution in [0.4, 0.5) is 0 Å². The van der Waals surface area contributed by atoms with Gasteiger partial charge in [-0.05, 0) is 48.9 Å². The maximum absolute atomic E-state index is 5.97. The van der Waals surface area contributed by atoms with Gasteiger partial charge < -0.3 is 5.73 Å². The minimum Gasteiger partial charge on any atom is -0.328 e. The van der Waals surface area contributed by atoms with Gasteiger partial charge in [0.25, 0.3) is 0 Å². The SMILES string of the molecule is CC(N)Cc1cc2ccccc2nc1Sc1ccncn1. The molecule has 0 saturated heterocycles. The topological polar surface area (TPSA) is 64.7 Å². The van der Waals surface area contributed by atoms with E-state index in [1.165, 1.54) is 0 Å². The zero-order chi connectivity index (χ0) is 14.7. The molecule has 0 aliphatic heterocycles. The van der Waals surface area contributed by atoms with Crippen molar-refractivity contribution in [2.45, 2.75) is 29.4 Å². The molecule has 5 heteroatoms. The Morgan fingerprint density at radius 1 is 1.24 bits per heavy atom. The Hall–Kier alpha value is -1.98. The number of para-hydroxylation sites is 1. The third kappa shape index (κ3) is 3.37. The summed E-state index contributed by atoms with van der Waals surface area (Å²) in [6.07, 6.45) is 4.08. The standard InChI is InChI=1S/C16H16N4S/c1-11(17)8-13-9-12-4-2-3-5-14(12)20-16(13)21-15-6-7-18-10-19-15/h2-7,9-11H,8,17H2,1H3. The Morgan fingerprint density at radius 3 is 2.86 bits per heavy atom. The lowest BCUT2D eigenvalue weighted by Crippen LogP contribution is -2.18. The second-order valence-electron chi connectivity index (χ2n) is 4.98. The van der Waals surface area contributed by atoms with Crippen LogP contribution in [-0.2, 0) is 6.42 Å². The first-order valence-corrected chi connectivity index (χ1v) is 7.62. The summed E-state index contributed by atoms with van der Waals surface area (Å²) in [6.45, 7) is 2.01. The molecule has 2 heterocycles. The molecule has 1 aromatic carbocycles. The first-order chi connectivity index (χ1) is 10.2. The molecule has 3 rings (SSSR count). The van der Waals surface area contributed by atoms with Crippen LogP contribution in [0.15, 0.2) is 59.0 Å². The van der Waals surface area contributed by atoms with E-state index in [0.717, 1.165) is 32.9 Å². The fourth-order valence-corrected chi connectivity index (χ4v) is 3.01. The Labute approximate surface area is 127 Å². The summed E-state index contributed by atoms with van der Waals surface area (Å²) in [4.78, 5) is 13.0. The smallest absolute Gasteiger partial charge is 0.116 e.